The van der Waals surface area contributed by atoms with E-state index in [1.165, 1.54) is 6.07 Å². The summed E-state index contributed by atoms with van der Waals surface area (Å²) in [4.78, 5) is 11.2. The van der Waals surface area contributed by atoms with Crippen LogP contribution in [0.3, 0.4) is 0 Å². The maximum atomic E-state index is 13.4. The van der Waals surface area contributed by atoms with Crippen molar-refractivity contribution in [2.75, 3.05) is 6.61 Å². The van der Waals surface area contributed by atoms with Gasteiger partial charge in [-0.3, -0.25) is 4.79 Å². The van der Waals surface area contributed by atoms with Crippen molar-refractivity contribution >= 4 is 28.6 Å². The molecule has 0 unspecified atom stereocenters. The minimum atomic E-state index is -0.659. The van der Waals surface area contributed by atoms with Crippen LogP contribution in [0.1, 0.15) is 24.9 Å². The van der Waals surface area contributed by atoms with Gasteiger partial charge in [0.05, 0.1) is 13.0 Å². The molecule has 1 atom stereocenters. The standard InChI is InChI=1S/C11H13FINO2/c1-2-16-11(15)6-10(14)8-5-7(13)3-4-9(8)12/h3-5,10H,2,6,14H2,1H3/t10-/m0/s1. The molecule has 0 saturated carbocycles. The molecule has 0 aliphatic heterocycles. The summed E-state index contributed by atoms with van der Waals surface area (Å²) in [6, 6.07) is 3.98. The van der Waals surface area contributed by atoms with Crippen molar-refractivity contribution in [3.05, 3.63) is 33.1 Å². The van der Waals surface area contributed by atoms with E-state index in [9.17, 15) is 9.18 Å². The van der Waals surface area contributed by atoms with Crippen molar-refractivity contribution in [3.8, 4) is 0 Å². The molecule has 1 aromatic carbocycles. The van der Waals surface area contributed by atoms with E-state index >= 15 is 0 Å². The Kier molecular flexibility index (Phi) is 5.14. The van der Waals surface area contributed by atoms with Gasteiger partial charge in [-0.1, -0.05) is 0 Å². The Hall–Kier alpha value is -0.690. The predicted molar refractivity (Wildman–Crippen MR) is 67.3 cm³/mol. The number of rotatable bonds is 4. The molecule has 88 valence electrons. The zero-order chi connectivity index (χ0) is 12.1. The van der Waals surface area contributed by atoms with Gasteiger partial charge in [0.1, 0.15) is 5.82 Å². The molecule has 0 amide bonds. The molecule has 0 aliphatic rings. The first-order chi connectivity index (χ1) is 7.54. The zero-order valence-corrected chi connectivity index (χ0v) is 11.0. The summed E-state index contributed by atoms with van der Waals surface area (Å²) in [5, 5.41) is 0. The highest BCUT2D eigenvalue weighted by Gasteiger charge is 2.16. The van der Waals surface area contributed by atoms with Gasteiger partial charge in [0.15, 0.2) is 0 Å². The molecule has 2 N–H and O–H groups in total. The van der Waals surface area contributed by atoms with E-state index in [0.29, 0.717) is 12.2 Å². The van der Waals surface area contributed by atoms with E-state index in [4.69, 9.17) is 10.5 Å². The largest absolute Gasteiger partial charge is 0.466 e. The van der Waals surface area contributed by atoms with E-state index in [2.05, 4.69) is 22.6 Å². The Morgan fingerprint density at radius 2 is 2.31 bits per heavy atom. The SMILES string of the molecule is CCOC(=O)C[C@H](N)c1cc(I)ccc1F. The van der Waals surface area contributed by atoms with E-state index in [-0.39, 0.29) is 6.42 Å². The van der Waals surface area contributed by atoms with Gasteiger partial charge < -0.3 is 10.5 Å². The summed E-state index contributed by atoms with van der Waals surface area (Å²) in [6.07, 6.45) is -0.00907. The molecule has 0 spiro atoms. The number of esters is 1. The van der Waals surface area contributed by atoms with Gasteiger partial charge >= 0.3 is 5.97 Å². The molecule has 1 aromatic rings. The first-order valence-electron chi connectivity index (χ1n) is 4.90. The Morgan fingerprint density at radius 1 is 1.62 bits per heavy atom. The second-order valence-electron chi connectivity index (χ2n) is 3.28. The smallest absolute Gasteiger partial charge is 0.307 e. The fraction of sp³-hybridized carbons (Fsp3) is 0.364. The Balaban J connectivity index is 2.76. The number of carbonyl (C=O) groups excluding carboxylic acids is 1. The third kappa shape index (κ3) is 3.71. The number of ether oxygens (including phenoxy) is 1. The minimum Gasteiger partial charge on any atom is -0.466 e. The average Bonchev–Trinajstić information content (AvgIpc) is 2.21. The Bertz CT molecular complexity index is 384. The molecule has 3 nitrogen and oxygen atoms in total. The fourth-order valence-corrected chi connectivity index (χ4v) is 1.82. The molecule has 5 heteroatoms. The van der Waals surface area contributed by atoms with Crippen molar-refractivity contribution in [1.29, 1.82) is 0 Å². The van der Waals surface area contributed by atoms with Crippen LogP contribution < -0.4 is 5.73 Å². The van der Waals surface area contributed by atoms with Gasteiger partial charge in [-0.25, -0.2) is 4.39 Å². The van der Waals surface area contributed by atoms with E-state index in [0.717, 1.165) is 3.57 Å². The molecule has 0 fully saturated rings. The topological polar surface area (TPSA) is 52.3 Å². The van der Waals surface area contributed by atoms with Crippen molar-refractivity contribution in [3.63, 3.8) is 0 Å². The van der Waals surface area contributed by atoms with Crippen molar-refractivity contribution < 1.29 is 13.9 Å². The van der Waals surface area contributed by atoms with Gasteiger partial charge in [0.25, 0.3) is 0 Å². The molecule has 16 heavy (non-hydrogen) atoms. The molecular formula is C11H13FINO2. The van der Waals surface area contributed by atoms with Crippen LogP contribution in [0.4, 0.5) is 4.39 Å². The number of benzene rings is 1. The van der Waals surface area contributed by atoms with E-state index in [1.54, 1.807) is 19.1 Å². The van der Waals surface area contributed by atoms with Crippen molar-refractivity contribution in [2.24, 2.45) is 5.73 Å². The summed E-state index contributed by atoms with van der Waals surface area (Å²) >= 11 is 2.07. The summed E-state index contributed by atoms with van der Waals surface area (Å²) in [5.41, 5.74) is 6.10. The van der Waals surface area contributed by atoms with Crippen LogP contribution in [-0.2, 0) is 9.53 Å². The average molecular weight is 337 g/mol. The second-order valence-corrected chi connectivity index (χ2v) is 4.53. The minimum absolute atomic E-state index is 0.00907. The second kappa shape index (κ2) is 6.15. The van der Waals surface area contributed by atoms with Crippen LogP contribution >= 0.6 is 22.6 Å². The van der Waals surface area contributed by atoms with Crippen LogP contribution in [-0.4, -0.2) is 12.6 Å². The van der Waals surface area contributed by atoms with Crippen molar-refractivity contribution in [1.82, 2.24) is 0 Å². The van der Waals surface area contributed by atoms with E-state index in [1.807, 2.05) is 0 Å². The zero-order valence-electron chi connectivity index (χ0n) is 8.87. The summed E-state index contributed by atoms with van der Waals surface area (Å²) < 4.78 is 19.1. The first-order valence-corrected chi connectivity index (χ1v) is 5.98. The lowest BCUT2D eigenvalue weighted by atomic mass is 10.0. The van der Waals surface area contributed by atoms with Crippen LogP contribution in [0, 0.1) is 9.39 Å². The van der Waals surface area contributed by atoms with Crippen LogP contribution in [0.25, 0.3) is 0 Å². The summed E-state index contributed by atoms with van der Waals surface area (Å²) in [5.74, 6) is -0.800. The lowest BCUT2D eigenvalue weighted by Gasteiger charge is -2.12. The maximum absolute atomic E-state index is 13.4. The highest BCUT2D eigenvalue weighted by atomic mass is 127. The normalized spacial score (nSPS) is 12.2. The molecule has 0 aromatic heterocycles. The number of hydrogen-bond donors (Lipinski definition) is 1. The monoisotopic (exact) mass is 337 g/mol. The van der Waals surface area contributed by atoms with Crippen molar-refractivity contribution in [2.45, 2.75) is 19.4 Å². The van der Waals surface area contributed by atoms with Gasteiger partial charge in [-0.2, -0.15) is 0 Å². The molecule has 1 rings (SSSR count). The first kappa shape index (κ1) is 13.4. The highest BCUT2D eigenvalue weighted by Crippen LogP contribution is 2.20. The predicted octanol–water partition coefficient (Wildman–Crippen LogP) is 2.38. The van der Waals surface area contributed by atoms with Gasteiger partial charge in [0, 0.05) is 15.2 Å². The molecule has 0 bridgehead atoms. The van der Waals surface area contributed by atoms with Gasteiger partial charge in [0.2, 0.25) is 0 Å². The quantitative estimate of drug-likeness (QED) is 0.678. The third-order valence-corrected chi connectivity index (χ3v) is 2.72. The number of carbonyl (C=O) groups is 1. The van der Waals surface area contributed by atoms with E-state index < -0.39 is 17.8 Å². The number of nitrogens with two attached hydrogens (primary N) is 1. The van der Waals surface area contributed by atoms with Crippen LogP contribution in [0.5, 0.6) is 0 Å². The van der Waals surface area contributed by atoms with Gasteiger partial charge in [-0.05, 0) is 47.7 Å². The Morgan fingerprint density at radius 3 is 2.94 bits per heavy atom. The fourth-order valence-electron chi connectivity index (χ4n) is 1.31. The molecule has 0 aliphatic carbocycles. The maximum Gasteiger partial charge on any atom is 0.307 e. The lowest BCUT2D eigenvalue weighted by Crippen LogP contribution is -2.18. The molecule has 0 heterocycles. The summed E-state index contributed by atoms with van der Waals surface area (Å²) in [7, 11) is 0. The third-order valence-electron chi connectivity index (χ3n) is 2.05. The Labute approximate surface area is 107 Å². The van der Waals surface area contributed by atoms with Crippen LogP contribution in [0.15, 0.2) is 18.2 Å². The molecular weight excluding hydrogens is 324 g/mol. The lowest BCUT2D eigenvalue weighted by molar-refractivity contribution is -0.143. The van der Waals surface area contributed by atoms with Crippen LogP contribution in [0.2, 0.25) is 0 Å². The number of halogens is 2. The summed E-state index contributed by atoms with van der Waals surface area (Å²) in [6.45, 7) is 2.02. The number of hydrogen-bond acceptors (Lipinski definition) is 3. The molecule has 0 radical (unpaired) electrons. The highest BCUT2D eigenvalue weighted by molar-refractivity contribution is 14.1. The molecule has 0 saturated heterocycles. The van der Waals surface area contributed by atoms with Gasteiger partial charge in [-0.15, -0.1) is 0 Å².